The predicted molar refractivity (Wildman–Crippen MR) is 137 cm³/mol. The number of carbonyl (C=O) groups is 3. The number of aromatic amines is 1. The summed E-state index contributed by atoms with van der Waals surface area (Å²) in [7, 11) is 0. The van der Waals surface area contributed by atoms with Crippen LogP contribution >= 0.6 is 0 Å². The lowest BCUT2D eigenvalue weighted by Gasteiger charge is -2.46. The van der Waals surface area contributed by atoms with Crippen LogP contribution in [0.5, 0.6) is 0 Å². The number of ether oxygens (including phenoxy) is 1. The summed E-state index contributed by atoms with van der Waals surface area (Å²) in [5.74, 6) is -1.35. The highest BCUT2D eigenvalue weighted by molar-refractivity contribution is 6.34. The van der Waals surface area contributed by atoms with Crippen molar-refractivity contribution in [2.24, 2.45) is 5.73 Å². The molecule has 1 unspecified atom stereocenters. The second kappa shape index (κ2) is 10.1. The van der Waals surface area contributed by atoms with Crippen LogP contribution in [0.25, 0.3) is 11.6 Å². The minimum absolute atomic E-state index is 0.167. The molecular formula is C26H31FN6O4. The monoisotopic (exact) mass is 510 g/mol. The number of H-pyrrole nitrogens is 1. The zero-order valence-corrected chi connectivity index (χ0v) is 20.7. The first-order chi connectivity index (χ1) is 17.8. The molecule has 3 aliphatic heterocycles. The number of hydrogen-bond donors (Lipinski definition) is 4. The average Bonchev–Trinajstić information content (AvgIpc) is 3.38. The fourth-order valence-electron chi connectivity index (χ4n) is 5.28. The summed E-state index contributed by atoms with van der Waals surface area (Å²) >= 11 is 0. The number of carbonyl (C=O) groups excluding carboxylic acids is 3. The van der Waals surface area contributed by atoms with Gasteiger partial charge in [-0.15, -0.1) is 0 Å². The lowest BCUT2D eigenvalue weighted by molar-refractivity contribution is -0.195. The van der Waals surface area contributed by atoms with E-state index in [0.717, 1.165) is 18.4 Å². The molecule has 4 heterocycles. The van der Waals surface area contributed by atoms with Crippen molar-refractivity contribution in [2.45, 2.75) is 31.9 Å². The molecule has 0 spiro atoms. The second-order valence-corrected chi connectivity index (χ2v) is 9.71. The number of hydrogen-bond acceptors (Lipinski definition) is 6. The van der Waals surface area contributed by atoms with Crippen molar-refractivity contribution in [2.75, 3.05) is 50.0 Å². The molecule has 196 valence electrons. The lowest BCUT2D eigenvalue weighted by atomic mass is 9.99. The fourth-order valence-corrected chi connectivity index (χ4v) is 5.28. The van der Waals surface area contributed by atoms with Gasteiger partial charge in [-0.2, -0.15) is 0 Å². The van der Waals surface area contributed by atoms with Gasteiger partial charge in [0, 0.05) is 55.9 Å². The Hall–Kier alpha value is -3.54. The number of amides is 3. The number of benzene rings is 1. The molecule has 1 aromatic heterocycles. The van der Waals surface area contributed by atoms with Gasteiger partial charge in [0.25, 0.3) is 11.8 Å². The summed E-state index contributed by atoms with van der Waals surface area (Å²) in [5, 5.41) is 5.66. The first-order valence-corrected chi connectivity index (χ1v) is 12.5. The highest BCUT2D eigenvalue weighted by atomic mass is 19.1. The van der Waals surface area contributed by atoms with Crippen molar-refractivity contribution < 1.29 is 23.5 Å². The molecule has 5 rings (SSSR count). The van der Waals surface area contributed by atoms with Crippen molar-refractivity contribution in [3.63, 3.8) is 0 Å². The van der Waals surface area contributed by atoms with Gasteiger partial charge in [-0.25, -0.2) is 4.39 Å². The Balaban J connectivity index is 1.20. The Bertz CT molecular complexity index is 1260. The summed E-state index contributed by atoms with van der Waals surface area (Å²) < 4.78 is 19.6. The maximum Gasteiger partial charge on any atom is 0.265 e. The van der Waals surface area contributed by atoms with E-state index in [2.05, 4.69) is 15.6 Å². The van der Waals surface area contributed by atoms with E-state index in [9.17, 15) is 18.8 Å². The number of fused-ring (bicyclic) bond motifs is 1. The van der Waals surface area contributed by atoms with Gasteiger partial charge in [-0.3, -0.25) is 24.2 Å². The molecule has 10 nitrogen and oxygen atoms in total. The second-order valence-electron chi connectivity index (χ2n) is 9.71. The number of primary amides is 1. The van der Waals surface area contributed by atoms with Crippen molar-refractivity contribution >= 4 is 40.7 Å². The molecule has 0 radical (unpaired) electrons. The molecule has 0 bridgehead atoms. The number of aromatic nitrogens is 1. The van der Waals surface area contributed by atoms with Crippen molar-refractivity contribution in [1.82, 2.24) is 14.8 Å². The molecule has 2 fully saturated rings. The van der Waals surface area contributed by atoms with Crippen LogP contribution in [0, 0.1) is 12.7 Å². The van der Waals surface area contributed by atoms with Gasteiger partial charge >= 0.3 is 0 Å². The fraction of sp³-hybridized carbons (Fsp3) is 0.423. The van der Waals surface area contributed by atoms with Gasteiger partial charge in [-0.1, -0.05) is 0 Å². The number of nitrogens with two attached hydrogens (primary N) is 1. The number of nitrogens with zero attached hydrogens (tertiary/aromatic N) is 2. The minimum Gasteiger partial charge on any atom is -0.366 e. The van der Waals surface area contributed by atoms with Crippen LogP contribution in [-0.4, -0.2) is 77.6 Å². The number of nitrogens with one attached hydrogen (secondary N) is 3. The van der Waals surface area contributed by atoms with Gasteiger partial charge < -0.3 is 26.1 Å². The zero-order valence-electron chi connectivity index (χ0n) is 20.7. The predicted octanol–water partition coefficient (Wildman–Crippen LogP) is 1.89. The van der Waals surface area contributed by atoms with E-state index >= 15 is 0 Å². The topological polar surface area (TPSA) is 133 Å². The Morgan fingerprint density at radius 2 is 2.03 bits per heavy atom. The van der Waals surface area contributed by atoms with E-state index in [4.69, 9.17) is 10.5 Å². The van der Waals surface area contributed by atoms with Gasteiger partial charge in [0.2, 0.25) is 11.6 Å². The molecule has 1 aromatic carbocycles. The lowest BCUT2D eigenvalue weighted by Crippen LogP contribution is -2.65. The van der Waals surface area contributed by atoms with Crippen LogP contribution in [0.2, 0.25) is 0 Å². The van der Waals surface area contributed by atoms with E-state index in [0.29, 0.717) is 67.4 Å². The van der Waals surface area contributed by atoms with Gasteiger partial charge in [0.05, 0.1) is 17.8 Å². The maximum atomic E-state index is 13.7. The molecule has 2 aromatic rings. The van der Waals surface area contributed by atoms with Crippen LogP contribution in [0.15, 0.2) is 24.4 Å². The zero-order chi connectivity index (χ0) is 26.2. The molecule has 37 heavy (non-hydrogen) atoms. The van der Waals surface area contributed by atoms with E-state index in [1.54, 1.807) is 12.3 Å². The Morgan fingerprint density at radius 1 is 1.24 bits per heavy atom. The highest BCUT2D eigenvalue weighted by Gasteiger charge is 2.46. The third-order valence-corrected chi connectivity index (χ3v) is 7.39. The Labute approximate surface area is 214 Å². The van der Waals surface area contributed by atoms with Crippen LogP contribution < -0.4 is 16.4 Å². The molecule has 1 atom stereocenters. The maximum absolute atomic E-state index is 13.7. The number of halogens is 1. The molecule has 0 aliphatic carbocycles. The standard InChI is InChI=1S/C26H31FN6O4/c1-16-21(13-19-18-12-17(27)4-5-20(18)31-24(19)35)29-14-22(16)30-23(34)15-32-7-9-33(10-8-32)26(25(28)36)6-2-3-11-37-26/h4-5,12-14,29H,2-3,6-11,15H2,1H3,(H2,28,36)(H,30,34)(H,31,35). The molecule has 2 saturated heterocycles. The summed E-state index contributed by atoms with van der Waals surface area (Å²) in [5.41, 5.74) is 8.11. The molecule has 5 N–H and O–H groups in total. The van der Waals surface area contributed by atoms with E-state index in [1.165, 1.54) is 18.2 Å². The average molecular weight is 511 g/mol. The summed E-state index contributed by atoms with van der Waals surface area (Å²) in [6, 6.07) is 4.16. The van der Waals surface area contributed by atoms with Gasteiger partial charge in [0.1, 0.15) is 5.82 Å². The van der Waals surface area contributed by atoms with Crippen molar-refractivity contribution in [1.29, 1.82) is 0 Å². The summed E-state index contributed by atoms with van der Waals surface area (Å²) in [4.78, 5) is 44.5. The third-order valence-electron chi connectivity index (χ3n) is 7.39. The van der Waals surface area contributed by atoms with Gasteiger partial charge in [0.15, 0.2) is 0 Å². The van der Waals surface area contributed by atoms with Crippen molar-refractivity contribution in [3.8, 4) is 0 Å². The smallest absolute Gasteiger partial charge is 0.265 e. The Morgan fingerprint density at radius 3 is 2.73 bits per heavy atom. The van der Waals surface area contributed by atoms with E-state index in [1.807, 2.05) is 16.7 Å². The van der Waals surface area contributed by atoms with Crippen LogP contribution in [-0.2, 0) is 19.1 Å². The highest BCUT2D eigenvalue weighted by Crippen LogP contribution is 2.34. The molecule has 0 saturated carbocycles. The number of rotatable bonds is 6. The van der Waals surface area contributed by atoms with Crippen LogP contribution in [0.1, 0.15) is 36.1 Å². The molecule has 11 heteroatoms. The first kappa shape index (κ1) is 25.1. The largest absolute Gasteiger partial charge is 0.366 e. The van der Waals surface area contributed by atoms with Gasteiger partial charge in [-0.05, 0) is 56.0 Å². The van der Waals surface area contributed by atoms with E-state index < -0.39 is 17.4 Å². The van der Waals surface area contributed by atoms with Crippen LogP contribution in [0.3, 0.4) is 0 Å². The summed E-state index contributed by atoms with van der Waals surface area (Å²) in [6.07, 6.45) is 5.75. The van der Waals surface area contributed by atoms with Crippen LogP contribution in [0.4, 0.5) is 15.8 Å². The number of piperazine rings is 1. The Kier molecular flexibility index (Phi) is 6.84. The SMILES string of the molecule is Cc1c(NC(=O)CN2CCN(C3(C(N)=O)CCCCO3)CC2)c[nH]c1C=C1C(=O)Nc2ccc(F)cc21. The van der Waals surface area contributed by atoms with E-state index in [-0.39, 0.29) is 18.4 Å². The molecule has 3 aliphatic rings. The normalized spacial score (nSPS) is 23.6. The quantitative estimate of drug-likeness (QED) is 0.439. The molecular weight excluding hydrogens is 479 g/mol. The molecule has 3 amide bonds. The summed E-state index contributed by atoms with van der Waals surface area (Å²) in [6.45, 7) is 4.95. The minimum atomic E-state index is -1.04. The van der Waals surface area contributed by atoms with Crippen molar-refractivity contribution in [3.05, 3.63) is 47.0 Å². The third kappa shape index (κ3) is 4.89. The first-order valence-electron chi connectivity index (χ1n) is 12.5. The number of anilines is 2.